The van der Waals surface area contributed by atoms with Crippen LogP contribution in [-0.4, -0.2) is 61.4 Å². The first-order valence-corrected chi connectivity index (χ1v) is 8.64. The number of anilines is 1. The fraction of sp³-hybridized carbons (Fsp3) is 0.333. The minimum atomic E-state index is -0.149. The van der Waals surface area contributed by atoms with Crippen LogP contribution >= 0.6 is 11.6 Å². The molecule has 1 N–H and O–H groups in total. The molecule has 26 heavy (non-hydrogen) atoms. The topological polar surface area (TPSA) is 75.0 Å². The molecule has 3 rings (SSSR count). The molecule has 0 saturated carbocycles. The SMILES string of the molecule is COc1ccc(Cl)cc1NCC(=O)N1CCN(C(=O)c2ccco2)CC1. The first-order chi connectivity index (χ1) is 12.6. The van der Waals surface area contributed by atoms with E-state index in [0.717, 1.165) is 0 Å². The summed E-state index contributed by atoms with van der Waals surface area (Å²) in [5, 5.41) is 3.62. The van der Waals surface area contributed by atoms with E-state index >= 15 is 0 Å². The maximum absolute atomic E-state index is 12.4. The lowest BCUT2D eigenvalue weighted by Crippen LogP contribution is -2.51. The van der Waals surface area contributed by atoms with Crippen molar-refractivity contribution in [3.05, 3.63) is 47.4 Å². The summed E-state index contributed by atoms with van der Waals surface area (Å²) >= 11 is 5.99. The fourth-order valence-electron chi connectivity index (χ4n) is 2.82. The molecule has 1 aromatic carbocycles. The molecule has 1 aliphatic rings. The van der Waals surface area contributed by atoms with Crippen molar-refractivity contribution in [1.29, 1.82) is 0 Å². The van der Waals surface area contributed by atoms with Gasteiger partial charge in [0.05, 0.1) is 25.6 Å². The normalized spacial score (nSPS) is 14.2. The minimum absolute atomic E-state index is 0.0443. The van der Waals surface area contributed by atoms with E-state index in [4.69, 9.17) is 20.8 Å². The van der Waals surface area contributed by atoms with Crippen molar-refractivity contribution >= 4 is 29.1 Å². The highest BCUT2D eigenvalue weighted by molar-refractivity contribution is 6.30. The van der Waals surface area contributed by atoms with Gasteiger partial charge in [0.15, 0.2) is 5.76 Å². The number of halogens is 1. The highest BCUT2D eigenvalue weighted by atomic mass is 35.5. The lowest BCUT2D eigenvalue weighted by Gasteiger charge is -2.34. The summed E-state index contributed by atoms with van der Waals surface area (Å²) < 4.78 is 10.4. The Balaban J connectivity index is 1.51. The van der Waals surface area contributed by atoms with E-state index in [9.17, 15) is 9.59 Å². The van der Waals surface area contributed by atoms with Gasteiger partial charge in [-0.25, -0.2) is 0 Å². The molecular formula is C18H20ClN3O4. The van der Waals surface area contributed by atoms with Crippen LogP contribution in [0.5, 0.6) is 5.75 Å². The molecule has 0 atom stereocenters. The van der Waals surface area contributed by atoms with Crippen molar-refractivity contribution in [1.82, 2.24) is 9.80 Å². The molecule has 0 spiro atoms. The number of hydrogen-bond donors (Lipinski definition) is 1. The summed E-state index contributed by atoms with van der Waals surface area (Å²) in [7, 11) is 1.56. The zero-order valence-corrected chi connectivity index (χ0v) is 15.2. The van der Waals surface area contributed by atoms with Crippen LogP contribution in [0.15, 0.2) is 41.0 Å². The summed E-state index contributed by atoms with van der Waals surface area (Å²) in [6, 6.07) is 8.51. The second kappa shape index (κ2) is 8.14. The lowest BCUT2D eigenvalue weighted by molar-refractivity contribution is -0.130. The Kier molecular flexibility index (Phi) is 5.68. The Hall–Kier alpha value is -2.67. The molecule has 1 aliphatic heterocycles. The summed E-state index contributed by atoms with van der Waals surface area (Å²) in [6.07, 6.45) is 1.47. The highest BCUT2D eigenvalue weighted by Gasteiger charge is 2.25. The van der Waals surface area contributed by atoms with Crippen LogP contribution in [-0.2, 0) is 4.79 Å². The molecule has 1 fully saturated rings. The molecular weight excluding hydrogens is 358 g/mol. The highest BCUT2D eigenvalue weighted by Crippen LogP contribution is 2.27. The number of carbonyl (C=O) groups is 2. The smallest absolute Gasteiger partial charge is 0.289 e. The Morgan fingerprint density at radius 1 is 1.19 bits per heavy atom. The van der Waals surface area contributed by atoms with Crippen molar-refractivity contribution in [2.24, 2.45) is 0 Å². The van der Waals surface area contributed by atoms with Crippen molar-refractivity contribution in [2.45, 2.75) is 0 Å². The maximum Gasteiger partial charge on any atom is 0.289 e. The lowest BCUT2D eigenvalue weighted by atomic mass is 10.2. The van der Waals surface area contributed by atoms with Crippen LogP contribution in [0.25, 0.3) is 0 Å². The summed E-state index contributed by atoms with van der Waals surface area (Å²) in [4.78, 5) is 28.1. The predicted molar refractivity (Wildman–Crippen MR) is 97.7 cm³/mol. The van der Waals surface area contributed by atoms with Crippen molar-refractivity contribution in [2.75, 3.05) is 45.2 Å². The van der Waals surface area contributed by atoms with Crippen LogP contribution < -0.4 is 10.1 Å². The Bertz CT molecular complexity index is 771. The number of carbonyl (C=O) groups excluding carboxylic acids is 2. The van der Waals surface area contributed by atoms with E-state index in [0.29, 0.717) is 48.4 Å². The zero-order chi connectivity index (χ0) is 18.5. The number of nitrogens with one attached hydrogen (secondary N) is 1. The van der Waals surface area contributed by atoms with Gasteiger partial charge in [0.1, 0.15) is 5.75 Å². The molecule has 0 radical (unpaired) electrons. The average Bonchev–Trinajstić information content (AvgIpc) is 3.20. The Morgan fingerprint density at radius 2 is 1.92 bits per heavy atom. The summed E-state index contributed by atoms with van der Waals surface area (Å²) in [5.41, 5.74) is 0.667. The van der Waals surface area contributed by atoms with Gasteiger partial charge < -0.3 is 24.3 Å². The zero-order valence-electron chi connectivity index (χ0n) is 14.4. The van der Waals surface area contributed by atoms with Crippen molar-refractivity contribution in [3.8, 4) is 5.75 Å². The Morgan fingerprint density at radius 3 is 2.58 bits per heavy atom. The van der Waals surface area contributed by atoms with Gasteiger partial charge in [-0.05, 0) is 30.3 Å². The molecule has 1 aromatic heterocycles. The van der Waals surface area contributed by atoms with E-state index in [1.807, 2.05) is 0 Å². The van der Waals surface area contributed by atoms with Gasteiger partial charge >= 0.3 is 0 Å². The quantitative estimate of drug-likeness (QED) is 0.865. The van der Waals surface area contributed by atoms with E-state index in [1.165, 1.54) is 6.26 Å². The van der Waals surface area contributed by atoms with Gasteiger partial charge in [0, 0.05) is 31.2 Å². The number of rotatable bonds is 5. The fourth-order valence-corrected chi connectivity index (χ4v) is 2.99. The van der Waals surface area contributed by atoms with Crippen LogP contribution in [0.3, 0.4) is 0 Å². The third-order valence-corrected chi connectivity index (χ3v) is 4.48. The number of ether oxygens (including phenoxy) is 1. The monoisotopic (exact) mass is 377 g/mol. The largest absolute Gasteiger partial charge is 0.495 e. The number of piperazine rings is 1. The summed E-state index contributed by atoms with van der Waals surface area (Å²) in [5.74, 6) is 0.747. The molecule has 138 valence electrons. The Labute approximate surface area is 156 Å². The van der Waals surface area contributed by atoms with E-state index in [2.05, 4.69) is 5.32 Å². The van der Waals surface area contributed by atoms with Crippen LogP contribution in [0.4, 0.5) is 5.69 Å². The maximum atomic E-state index is 12.4. The number of methoxy groups -OCH3 is 1. The van der Waals surface area contributed by atoms with E-state index < -0.39 is 0 Å². The molecule has 2 heterocycles. The third-order valence-electron chi connectivity index (χ3n) is 4.24. The molecule has 0 bridgehead atoms. The van der Waals surface area contributed by atoms with Crippen molar-refractivity contribution in [3.63, 3.8) is 0 Å². The van der Waals surface area contributed by atoms with Crippen LogP contribution in [0.2, 0.25) is 5.02 Å². The molecule has 2 amide bonds. The molecule has 2 aromatic rings. The van der Waals surface area contributed by atoms with E-state index in [1.54, 1.807) is 47.2 Å². The van der Waals surface area contributed by atoms with Gasteiger partial charge in [-0.2, -0.15) is 0 Å². The van der Waals surface area contributed by atoms with Gasteiger partial charge in [-0.1, -0.05) is 11.6 Å². The number of benzene rings is 1. The predicted octanol–water partition coefficient (Wildman–Crippen LogP) is 2.34. The number of hydrogen-bond acceptors (Lipinski definition) is 5. The molecule has 8 heteroatoms. The molecule has 1 saturated heterocycles. The van der Waals surface area contributed by atoms with Crippen LogP contribution in [0.1, 0.15) is 10.6 Å². The number of amides is 2. The first kappa shape index (κ1) is 18.1. The van der Waals surface area contributed by atoms with Gasteiger partial charge in [0.25, 0.3) is 5.91 Å². The van der Waals surface area contributed by atoms with Gasteiger partial charge in [0.2, 0.25) is 5.91 Å². The molecule has 7 nitrogen and oxygen atoms in total. The first-order valence-electron chi connectivity index (χ1n) is 8.26. The standard InChI is InChI=1S/C18H20ClN3O4/c1-25-15-5-4-13(19)11-14(15)20-12-17(23)21-6-8-22(9-7-21)18(24)16-3-2-10-26-16/h2-5,10-11,20H,6-9,12H2,1H3. The van der Waals surface area contributed by atoms with E-state index in [-0.39, 0.29) is 18.4 Å². The summed E-state index contributed by atoms with van der Waals surface area (Å²) in [6.45, 7) is 2.06. The van der Waals surface area contributed by atoms with Gasteiger partial charge in [-0.15, -0.1) is 0 Å². The molecule has 0 unspecified atom stereocenters. The van der Waals surface area contributed by atoms with Gasteiger partial charge in [-0.3, -0.25) is 9.59 Å². The minimum Gasteiger partial charge on any atom is -0.495 e. The second-order valence-electron chi connectivity index (χ2n) is 5.85. The number of furan rings is 1. The average molecular weight is 378 g/mol. The number of nitrogens with zero attached hydrogens (tertiary/aromatic N) is 2. The third kappa shape index (κ3) is 4.11. The second-order valence-corrected chi connectivity index (χ2v) is 6.28. The molecule has 0 aliphatic carbocycles. The van der Waals surface area contributed by atoms with Crippen molar-refractivity contribution < 1.29 is 18.7 Å². The van der Waals surface area contributed by atoms with Crippen LogP contribution in [0, 0.1) is 0 Å².